The summed E-state index contributed by atoms with van der Waals surface area (Å²) in [7, 11) is 0. The predicted molar refractivity (Wildman–Crippen MR) is 167 cm³/mol. The average Bonchev–Trinajstić information content (AvgIpc) is 3.58. The molecular weight excluding hydrogens is 486 g/mol. The van der Waals surface area contributed by atoms with Crippen LogP contribution in [0.15, 0.2) is 140 Å². The van der Waals surface area contributed by atoms with Crippen LogP contribution >= 0.6 is 0 Å². The van der Waals surface area contributed by atoms with Gasteiger partial charge in [-0.15, -0.1) is 0 Å². The van der Waals surface area contributed by atoms with Crippen LogP contribution in [0.2, 0.25) is 0 Å². The molecule has 0 bridgehead atoms. The second-order valence-electron chi connectivity index (χ2n) is 10.4. The molecule has 0 aliphatic rings. The van der Waals surface area contributed by atoms with Crippen LogP contribution in [0.4, 0.5) is 0 Å². The lowest BCUT2D eigenvalue weighted by atomic mass is 10.0. The lowest BCUT2D eigenvalue weighted by molar-refractivity contribution is 1.19. The number of benzene rings is 6. The Hall–Kier alpha value is -5.41. The molecule has 9 aromatic rings. The third-order valence-corrected chi connectivity index (χ3v) is 8.27. The van der Waals surface area contributed by atoms with Gasteiger partial charge >= 0.3 is 0 Å². The van der Waals surface area contributed by atoms with E-state index in [0.29, 0.717) is 0 Å². The van der Waals surface area contributed by atoms with Gasteiger partial charge in [-0.1, -0.05) is 103 Å². The van der Waals surface area contributed by atoms with E-state index in [1.165, 1.54) is 54.6 Å². The highest BCUT2D eigenvalue weighted by molar-refractivity contribution is 6.27. The third kappa shape index (κ3) is 2.86. The van der Waals surface area contributed by atoms with E-state index in [1.807, 2.05) is 0 Å². The number of hydrogen-bond donors (Lipinski definition) is 0. The van der Waals surface area contributed by atoms with Crippen molar-refractivity contribution in [1.29, 1.82) is 0 Å². The zero-order valence-electron chi connectivity index (χ0n) is 21.6. The van der Waals surface area contributed by atoms with Crippen molar-refractivity contribution in [3.05, 3.63) is 140 Å². The molecule has 40 heavy (non-hydrogen) atoms. The van der Waals surface area contributed by atoms with Gasteiger partial charge in [-0.05, 0) is 52.9 Å². The second-order valence-corrected chi connectivity index (χ2v) is 10.4. The van der Waals surface area contributed by atoms with E-state index in [0.717, 1.165) is 22.4 Å². The molecule has 0 atom stereocenters. The Bertz CT molecular complexity index is 2430. The molecule has 0 N–H and O–H groups in total. The summed E-state index contributed by atoms with van der Waals surface area (Å²) < 4.78 is 4.78. The molecule has 0 aliphatic carbocycles. The summed E-state index contributed by atoms with van der Waals surface area (Å²) in [5, 5.41) is 6.09. The van der Waals surface area contributed by atoms with Crippen LogP contribution in [0.3, 0.4) is 0 Å². The van der Waals surface area contributed by atoms with Crippen molar-refractivity contribution in [3.63, 3.8) is 0 Å². The summed E-state index contributed by atoms with van der Waals surface area (Å²) in [6, 6.07) is 50.0. The summed E-state index contributed by atoms with van der Waals surface area (Å²) in [6.07, 6.45) is 0. The van der Waals surface area contributed by atoms with Gasteiger partial charge in [0.15, 0.2) is 0 Å². The number of rotatable bonds is 2. The van der Waals surface area contributed by atoms with Crippen molar-refractivity contribution >= 4 is 60.2 Å². The van der Waals surface area contributed by atoms with E-state index >= 15 is 0 Å². The molecule has 0 saturated carbocycles. The van der Waals surface area contributed by atoms with Gasteiger partial charge in [-0.25, -0.2) is 4.98 Å². The Morgan fingerprint density at radius 1 is 0.450 bits per heavy atom. The van der Waals surface area contributed by atoms with Crippen LogP contribution in [-0.2, 0) is 0 Å². The number of hydrogen-bond acceptors (Lipinski definition) is 1. The fourth-order valence-corrected chi connectivity index (χ4v) is 6.57. The Labute approximate surface area is 230 Å². The highest BCUT2D eigenvalue weighted by Crippen LogP contribution is 2.41. The first-order chi connectivity index (χ1) is 19.9. The highest BCUT2D eigenvalue weighted by atomic mass is 15.0. The first-order valence-electron chi connectivity index (χ1n) is 13.7. The molecule has 0 spiro atoms. The van der Waals surface area contributed by atoms with E-state index < -0.39 is 0 Å². The molecule has 0 amide bonds. The standard InChI is InChI=1S/C37H23N3/c1-2-11-24(12-3-1)25-13-10-14-26(23-25)39-32-18-7-5-16-28(32)30-22-21-29-27-15-4-8-19-33(27)40-34-20-9-6-17-31(34)38-37(40)35(29)36(30)39/h1-23H. The third-order valence-electron chi connectivity index (χ3n) is 8.27. The first kappa shape index (κ1) is 21.5. The summed E-state index contributed by atoms with van der Waals surface area (Å²) in [4.78, 5) is 5.26. The number of pyridine rings is 1. The first-order valence-corrected chi connectivity index (χ1v) is 13.7. The fourth-order valence-electron chi connectivity index (χ4n) is 6.57. The minimum atomic E-state index is 0.990. The largest absolute Gasteiger partial charge is 0.308 e. The van der Waals surface area contributed by atoms with E-state index in [-0.39, 0.29) is 0 Å². The van der Waals surface area contributed by atoms with Gasteiger partial charge in [-0.3, -0.25) is 4.40 Å². The summed E-state index contributed by atoms with van der Waals surface area (Å²) in [6.45, 7) is 0. The molecule has 186 valence electrons. The molecule has 3 aromatic heterocycles. The van der Waals surface area contributed by atoms with E-state index in [4.69, 9.17) is 4.98 Å². The number of para-hydroxylation sites is 4. The van der Waals surface area contributed by atoms with Crippen molar-refractivity contribution in [3.8, 4) is 16.8 Å². The molecular formula is C37H23N3. The minimum Gasteiger partial charge on any atom is -0.308 e. The number of fused-ring (bicyclic) bond motifs is 12. The maximum absolute atomic E-state index is 5.26. The average molecular weight is 510 g/mol. The van der Waals surface area contributed by atoms with E-state index in [2.05, 4.69) is 148 Å². The van der Waals surface area contributed by atoms with Crippen molar-refractivity contribution in [2.45, 2.75) is 0 Å². The quantitative estimate of drug-likeness (QED) is 0.213. The molecule has 0 fully saturated rings. The van der Waals surface area contributed by atoms with Gasteiger partial charge in [0, 0.05) is 21.8 Å². The van der Waals surface area contributed by atoms with Crippen molar-refractivity contribution in [2.24, 2.45) is 0 Å². The Morgan fingerprint density at radius 3 is 1.95 bits per heavy atom. The van der Waals surface area contributed by atoms with Crippen LogP contribution < -0.4 is 0 Å². The van der Waals surface area contributed by atoms with Gasteiger partial charge in [0.05, 0.1) is 33.0 Å². The molecule has 3 heteroatoms. The van der Waals surface area contributed by atoms with E-state index in [9.17, 15) is 0 Å². The number of aromatic nitrogens is 3. The maximum atomic E-state index is 5.26. The second kappa shape index (κ2) is 8.05. The highest BCUT2D eigenvalue weighted by Gasteiger charge is 2.21. The zero-order chi connectivity index (χ0) is 26.2. The molecule has 0 radical (unpaired) electrons. The van der Waals surface area contributed by atoms with Gasteiger partial charge in [-0.2, -0.15) is 0 Å². The van der Waals surface area contributed by atoms with Crippen LogP contribution in [0.1, 0.15) is 0 Å². The minimum absolute atomic E-state index is 0.990. The fraction of sp³-hybridized carbons (Fsp3) is 0. The van der Waals surface area contributed by atoms with Gasteiger partial charge in [0.1, 0.15) is 5.65 Å². The van der Waals surface area contributed by atoms with Gasteiger partial charge in [0.25, 0.3) is 0 Å². The predicted octanol–water partition coefficient (Wildman–Crippen LogP) is 9.56. The normalized spacial score (nSPS) is 12.0. The summed E-state index contributed by atoms with van der Waals surface area (Å²) in [5.74, 6) is 0. The van der Waals surface area contributed by atoms with Crippen LogP contribution in [0.5, 0.6) is 0 Å². The smallest absolute Gasteiger partial charge is 0.148 e. The maximum Gasteiger partial charge on any atom is 0.148 e. The van der Waals surface area contributed by atoms with Crippen molar-refractivity contribution in [1.82, 2.24) is 14.0 Å². The zero-order valence-corrected chi connectivity index (χ0v) is 21.6. The lowest BCUT2D eigenvalue weighted by Crippen LogP contribution is -1.97. The van der Waals surface area contributed by atoms with Gasteiger partial charge < -0.3 is 4.57 Å². The van der Waals surface area contributed by atoms with Crippen LogP contribution in [0, 0.1) is 0 Å². The Kier molecular flexibility index (Phi) is 4.33. The molecule has 9 rings (SSSR count). The van der Waals surface area contributed by atoms with Gasteiger partial charge in [0.2, 0.25) is 0 Å². The van der Waals surface area contributed by atoms with E-state index in [1.54, 1.807) is 0 Å². The summed E-state index contributed by atoms with van der Waals surface area (Å²) >= 11 is 0. The lowest BCUT2D eigenvalue weighted by Gasteiger charge is -2.14. The number of imidazole rings is 1. The van der Waals surface area contributed by atoms with Crippen LogP contribution in [-0.4, -0.2) is 14.0 Å². The topological polar surface area (TPSA) is 22.2 Å². The summed E-state index contributed by atoms with van der Waals surface area (Å²) in [5.41, 5.74) is 10.2. The van der Waals surface area contributed by atoms with Crippen molar-refractivity contribution < 1.29 is 0 Å². The Balaban J connectivity index is 1.53. The molecule has 3 nitrogen and oxygen atoms in total. The molecule has 3 heterocycles. The molecule has 6 aromatic carbocycles. The van der Waals surface area contributed by atoms with Crippen molar-refractivity contribution in [2.75, 3.05) is 0 Å². The monoisotopic (exact) mass is 509 g/mol. The molecule has 0 saturated heterocycles. The van der Waals surface area contributed by atoms with Crippen LogP contribution in [0.25, 0.3) is 77.0 Å². The SMILES string of the molecule is c1ccc(-c2cccc(-n3c4ccccc4c4ccc5c6ccccc6n6c7ccccc7nc6c5c43)c2)cc1. The molecule has 0 aliphatic heterocycles. The Morgan fingerprint density at radius 2 is 1.10 bits per heavy atom. The number of nitrogens with zero attached hydrogens (tertiary/aromatic N) is 3. The molecule has 0 unspecified atom stereocenters.